The van der Waals surface area contributed by atoms with Crippen molar-refractivity contribution in [2.45, 2.75) is 64.2 Å². The number of hydrogen-bond acceptors (Lipinski definition) is 6. The molecule has 0 aliphatic carbocycles. The van der Waals surface area contributed by atoms with Crippen molar-refractivity contribution in [2.24, 2.45) is 0 Å². The number of aryl methyl sites for hydroxylation is 2. The first-order valence-electron chi connectivity index (χ1n) is 12.6. The summed E-state index contributed by atoms with van der Waals surface area (Å²) in [5, 5.41) is 56.0. The molecule has 12 nitrogen and oxygen atoms in total. The molecule has 0 unspecified atom stereocenters. The molecule has 0 fully saturated rings. The quantitative estimate of drug-likeness (QED) is 0.144. The fourth-order valence-corrected chi connectivity index (χ4v) is 4.58. The van der Waals surface area contributed by atoms with Gasteiger partial charge < -0.3 is 30.6 Å². The summed E-state index contributed by atoms with van der Waals surface area (Å²) in [7, 11) is 0. The van der Waals surface area contributed by atoms with Crippen LogP contribution in [-0.2, 0) is 12.8 Å². The molecular weight excluding hydrogens is 528 g/mol. The lowest BCUT2D eigenvalue weighted by atomic mass is 9.93. The van der Waals surface area contributed by atoms with Crippen LogP contribution in [0.5, 0.6) is 0 Å². The van der Waals surface area contributed by atoms with Gasteiger partial charge in [-0.1, -0.05) is 38.5 Å². The standard InChI is InChI=1S/C28H30O12/c29-23(30)17-11-15(21(27(37)38)19(13-17)25(33)34)9-7-5-3-1-2-4-6-8-10-16-12-18(24(31)32)14-20(26(35)36)22(16)28(39)40/h11-14H,1-10H2,(H,29,30)(H,31,32)(H,33,34)(H,35,36)(H,37,38)(H,39,40). The van der Waals surface area contributed by atoms with Gasteiger partial charge in [0.25, 0.3) is 0 Å². The van der Waals surface area contributed by atoms with Crippen LogP contribution in [0.3, 0.4) is 0 Å². The Balaban J connectivity index is 1.84. The third kappa shape index (κ3) is 8.38. The molecule has 0 aliphatic heterocycles. The number of carbonyl (C=O) groups is 6. The molecule has 0 spiro atoms. The summed E-state index contributed by atoms with van der Waals surface area (Å²) < 4.78 is 0. The van der Waals surface area contributed by atoms with Crippen LogP contribution in [0, 0.1) is 0 Å². The number of hydrogen-bond donors (Lipinski definition) is 6. The molecule has 0 amide bonds. The van der Waals surface area contributed by atoms with Crippen molar-refractivity contribution in [1.29, 1.82) is 0 Å². The minimum Gasteiger partial charge on any atom is -0.478 e. The molecule has 0 saturated heterocycles. The molecule has 0 bridgehead atoms. The van der Waals surface area contributed by atoms with E-state index in [0.717, 1.165) is 37.8 Å². The van der Waals surface area contributed by atoms with Gasteiger partial charge in [-0.15, -0.1) is 0 Å². The highest BCUT2D eigenvalue weighted by molar-refractivity contribution is 6.06. The average Bonchev–Trinajstić information content (AvgIpc) is 2.87. The minimum absolute atomic E-state index is 0.156. The number of rotatable bonds is 17. The maximum atomic E-state index is 11.6. The van der Waals surface area contributed by atoms with E-state index in [4.69, 9.17) is 0 Å². The Hall–Kier alpha value is -4.74. The molecule has 0 saturated carbocycles. The van der Waals surface area contributed by atoms with Gasteiger partial charge in [0, 0.05) is 0 Å². The van der Waals surface area contributed by atoms with E-state index in [1.165, 1.54) is 12.1 Å². The Morgan fingerprint density at radius 1 is 0.400 bits per heavy atom. The maximum absolute atomic E-state index is 11.6. The van der Waals surface area contributed by atoms with Gasteiger partial charge in [0.2, 0.25) is 0 Å². The van der Waals surface area contributed by atoms with E-state index in [-0.39, 0.29) is 35.1 Å². The maximum Gasteiger partial charge on any atom is 0.336 e. The first kappa shape index (κ1) is 31.5. The van der Waals surface area contributed by atoms with Crippen molar-refractivity contribution < 1.29 is 59.4 Å². The van der Waals surface area contributed by atoms with Gasteiger partial charge in [-0.2, -0.15) is 0 Å². The molecule has 40 heavy (non-hydrogen) atoms. The van der Waals surface area contributed by atoms with Gasteiger partial charge in [-0.3, -0.25) is 0 Å². The highest BCUT2D eigenvalue weighted by atomic mass is 16.4. The minimum atomic E-state index is -1.52. The van der Waals surface area contributed by atoms with Crippen molar-refractivity contribution in [1.82, 2.24) is 0 Å². The molecule has 2 rings (SSSR count). The second-order valence-corrected chi connectivity index (χ2v) is 9.28. The first-order chi connectivity index (χ1) is 18.8. The SMILES string of the molecule is O=C(O)c1cc(CCCCCCCCCCc2cc(C(=O)O)cc(C(=O)O)c2C(=O)O)c(C(=O)O)c(C(=O)O)c1. The first-order valence-corrected chi connectivity index (χ1v) is 12.6. The van der Waals surface area contributed by atoms with Gasteiger partial charge in [0.15, 0.2) is 0 Å². The third-order valence-corrected chi connectivity index (χ3v) is 6.46. The smallest absolute Gasteiger partial charge is 0.336 e. The number of carboxylic acids is 6. The largest absolute Gasteiger partial charge is 0.478 e. The fraction of sp³-hybridized carbons (Fsp3) is 0.357. The van der Waals surface area contributed by atoms with Crippen LogP contribution in [0.2, 0.25) is 0 Å². The lowest BCUT2D eigenvalue weighted by Gasteiger charge is -2.11. The van der Waals surface area contributed by atoms with Crippen LogP contribution in [-0.4, -0.2) is 66.5 Å². The summed E-state index contributed by atoms with van der Waals surface area (Å²) in [5.41, 5.74) is -2.21. The van der Waals surface area contributed by atoms with E-state index in [1.54, 1.807) is 0 Å². The summed E-state index contributed by atoms with van der Waals surface area (Å²) in [6.45, 7) is 0. The molecule has 2 aromatic carbocycles. The van der Waals surface area contributed by atoms with Crippen LogP contribution < -0.4 is 0 Å². The molecule has 0 atom stereocenters. The van der Waals surface area contributed by atoms with Gasteiger partial charge in [0.05, 0.1) is 33.4 Å². The highest BCUT2D eigenvalue weighted by Gasteiger charge is 2.24. The molecule has 2 aromatic rings. The molecule has 214 valence electrons. The van der Waals surface area contributed by atoms with Crippen molar-refractivity contribution in [2.75, 3.05) is 0 Å². The highest BCUT2D eigenvalue weighted by Crippen LogP contribution is 2.23. The van der Waals surface area contributed by atoms with Crippen LogP contribution in [0.15, 0.2) is 24.3 Å². The fourth-order valence-electron chi connectivity index (χ4n) is 4.58. The molecule has 0 heterocycles. The van der Waals surface area contributed by atoms with Crippen LogP contribution >= 0.6 is 0 Å². The van der Waals surface area contributed by atoms with Crippen molar-refractivity contribution >= 4 is 35.8 Å². The third-order valence-electron chi connectivity index (χ3n) is 6.46. The lowest BCUT2D eigenvalue weighted by molar-refractivity contribution is 0.0647. The van der Waals surface area contributed by atoms with E-state index >= 15 is 0 Å². The van der Waals surface area contributed by atoms with Crippen LogP contribution in [0.1, 0.15) is 125 Å². The van der Waals surface area contributed by atoms with E-state index in [0.29, 0.717) is 25.7 Å². The Labute approximate surface area is 228 Å². The number of carboxylic acid groups (broad SMARTS) is 6. The Bertz CT molecular complexity index is 1220. The monoisotopic (exact) mass is 558 g/mol. The molecule has 0 aliphatic rings. The predicted molar refractivity (Wildman–Crippen MR) is 139 cm³/mol. The predicted octanol–water partition coefficient (Wildman–Crippen LogP) is 4.78. The van der Waals surface area contributed by atoms with Gasteiger partial charge in [-0.25, -0.2) is 28.8 Å². The summed E-state index contributed by atoms with van der Waals surface area (Å²) in [5.74, 6) is -8.60. The lowest BCUT2D eigenvalue weighted by Crippen LogP contribution is -2.14. The summed E-state index contributed by atoms with van der Waals surface area (Å²) >= 11 is 0. The van der Waals surface area contributed by atoms with E-state index in [2.05, 4.69) is 0 Å². The number of aromatic carboxylic acids is 6. The molecule has 6 N–H and O–H groups in total. The average molecular weight is 559 g/mol. The molecule has 0 aromatic heterocycles. The van der Waals surface area contributed by atoms with Gasteiger partial charge >= 0.3 is 35.8 Å². The Morgan fingerprint density at radius 3 is 0.950 bits per heavy atom. The number of benzene rings is 2. The normalized spacial score (nSPS) is 10.7. The van der Waals surface area contributed by atoms with Gasteiger partial charge in [-0.05, 0) is 61.1 Å². The zero-order chi connectivity index (χ0) is 30.0. The van der Waals surface area contributed by atoms with Gasteiger partial charge in [0.1, 0.15) is 0 Å². The van der Waals surface area contributed by atoms with Crippen LogP contribution in [0.4, 0.5) is 0 Å². The molecule has 12 heteroatoms. The summed E-state index contributed by atoms with van der Waals surface area (Å²) in [4.78, 5) is 68.8. The van der Waals surface area contributed by atoms with Crippen molar-refractivity contribution in [3.8, 4) is 0 Å². The molecular formula is C28H30O12. The summed E-state index contributed by atoms with van der Waals surface area (Å²) in [6, 6.07) is 4.07. The second kappa shape index (κ2) is 14.4. The topological polar surface area (TPSA) is 224 Å². The van der Waals surface area contributed by atoms with E-state index < -0.39 is 58.1 Å². The van der Waals surface area contributed by atoms with Crippen molar-refractivity contribution in [3.63, 3.8) is 0 Å². The Kier molecular flexibility index (Phi) is 11.4. The summed E-state index contributed by atoms with van der Waals surface area (Å²) in [6.07, 6.45) is 6.21. The second-order valence-electron chi connectivity index (χ2n) is 9.28. The van der Waals surface area contributed by atoms with E-state index in [1.807, 2.05) is 0 Å². The molecule has 0 radical (unpaired) electrons. The van der Waals surface area contributed by atoms with Crippen molar-refractivity contribution in [3.05, 3.63) is 68.8 Å². The van der Waals surface area contributed by atoms with E-state index in [9.17, 15) is 59.4 Å². The zero-order valence-electron chi connectivity index (χ0n) is 21.5. The Morgan fingerprint density at radius 2 is 0.700 bits per heavy atom. The van der Waals surface area contributed by atoms with Crippen LogP contribution in [0.25, 0.3) is 0 Å². The number of unbranched alkanes of at least 4 members (excludes halogenated alkanes) is 7. The zero-order valence-corrected chi connectivity index (χ0v) is 21.5.